The highest BCUT2D eigenvalue weighted by Crippen LogP contribution is 2.52. The van der Waals surface area contributed by atoms with Crippen molar-refractivity contribution < 1.29 is 19.1 Å². The quantitative estimate of drug-likeness (QED) is 0.153. The molecule has 5 nitrogen and oxygen atoms in total. The van der Waals surface area contributed by atoms with Gasteiger partial charge in [0.1, 0.15) is 0 Å². The van der Waals surface area contributed by atoms with Crippen molar-refractivity contribution in [3.8, 4) is 0 Å². The van der Waals surface area contributed by atoms with Crippen LogP contribution in [0.15, 0.2) is 42.5 Å². The van der Waals surface area contributed by atoms with Crippen LogP contribution in [-0.2, 0) is 19.1 Å². The monoisotopic (exact) mass is 479 g/mol. The van der Waals surface area contributed by atoms with Crippen molar-refractivity contribution in [2.45, 2.75) is 84.2 Å². The molecule has 1 aromatic rings. The average Bonchev–Trinajstić information content (AvgIpc) is 3.53. The van der Waals surface area contributed by atoms with E-state index in [-0.39, 0.29) is 47.6 Å². The third kappa shape index (κ3) is 5.87. The van der Waals surface area contributed by atoms with Gasteiger partial charge < -0.3 is 4.74 Å². The molecule has 5 unspecified atom stereocenters. The van der Waals surface area contributed by atoms with E-state index in [4.69, 9.17) is 4.74 Å². The molecule has 0 spiro atoms. The number of rotatable bonds is 13. The summed E-state index contributed by atoms with van der Waals surface area (Å²) in [5, 5.41) is 0. The van der Waals surface area contributed by atoms with Crippen LogP contribution in [0.3, 0.4) is 0 Å². The lowest BCUT2D eigenvalue weighted by Gasteiger charge is -2.24. The maximum atomic E-state index is 12.8. The fraction of sp³-hybridized carbons (Fsp3) is 0.633. The Morgan fingerprint density at radius 3 is 2.26 bits per heavy atom. The van der Waals surface area contributed by atoms with Gasteiger partial charge in [0.2, 0.25) is 11.8 Å². The summed E-state index contributed by atoms with van der Waals surface area (Å²) in [6.45, 7) is 6.97. The van der Waals surface area contributed by atoms with Gasteiger partial charge in [-0.3, -0.25) is 19.3 Å². The zero-order chi connectivity index (χ0) is 24.9. The van der Waals surface area contributed by atoms with E-state index in [2.05, 4.69) is 50.3 Å². The summed E-state index contributed by atoms with van der Waals surface area (Å²) in [6, 6.07) is 10.5. The van der Waals surface area contributed by atoms with Crippen LogP contribution in [0.4, 0.5) is 0 Å². The Morgan fingerprint density at radius 2 is 1.63 bits per heavy atom. The van der Waals surface area contributed by atoms with E-state index in [9.17, 15) is 14.4 Å². The minimum absolute atomic E-state index is 0.0236. The third-order valence-electron chi connectivity index (χ3n) is 8.43. The second-order valence-electron chi connectivity index (χ2n) is 11.0. The lowest BCUT2D eigenvalue weighted by Crippen LogP contribution is -2.33. The molecule has 7 atom stereocenters. The summed E-state index contributed by atoms with van der Waals surface area (Å²) in [6.07, 6.45) is 10.8. The minimum Gasteiger partial charge on any atom is -0.463 e. The summed E-state index contributed by atoms with van der Waals surface area (Å²) in [5.74, 6) is 1.19. The van der Waals surface area contributed by atoms with E-state index < -0.39 is 0 Å². The van der Waals surface area contributed by atoms with Crippen LogP contribution in [0.5, 0.6) is 0 Å². The van der Waals surface area contributed by atoms with Gasteiger partial charge in [-0.25, -0.2) is 0 Å². The van der Waals surface area contributed by atoms with Crippen LogP contribution >= 0.6 is 0 Å². The number of unbranched alkanes of at least 4 members (excludes halogenated alkanes) is 2. The van der Waals surface area contributed by atoms with E-state index in [0.29, 0.717) is 24.8 Å². The zero-order valence-electron chi connectivity index (χ0n) is 21.5. The van der Waals surface area contributed by atoms with Gasteiger partial charge in [0, 0.05) is 13.0 Å². The number of hydrogen-bond donors (Lipinski definition) is 0. The van der Waals surface area contributed by atoms with E-state index >= 15 is 0 Å². The molecule has 0 N–H and O–H groups in total. The maximum absolute atomic E-state index is 12.8. The summed E-state index contributed by atoms with van der Waals surface area (Å²) in [5.41, 5.74) is 1.31. The molecule has 2 bridgehead atoms. The van der Waals surface area contributed by atoms with Crippen LogP contribution in [0.2, 0.25) is 0 Å². The van der Waals surface area contributed by atoms with Crippen molar-refractivity contribution in [1.82, 2.24) is 4.90 Å². The number of amides is 2. The van der Waals surface area contributed by atoms with E-state index in [0.717, 1.165) is 44.9 Å². The van der Waals surface area contributed by atoms with Gasteiger partial charge in [0.05, 0.1) is 17.9 Å². The molecule has 3 aliphatic rings. The molecule has 4 rings (SSSR count). The number of esters is 1. The lowest BCUT2D eigenvalue weighted by atomic mass is 9.85. The van der Waals surface area contributed by atoms with Gasteiger partial charge in [0.15, 0.2) is 0 Å². The Morgan fingerprint density at radius 1 is 0.971 bits per heavy atom. The van der Waals surface area contributed by atoms with Crippen molar-refractivity contribution in [1.29, 1.82) is 0 Å². The Kier molecular flexibility index (Phi) is 8.46. The number of carbonyl (C=O) groups is 3. The first kappa shape index (κ1) is 25.7. The fourth-order valence-electron chi connectivity index (χ4n) is 6.38. The second kappa shape index (κ2) is 11.5. The number of fused-ring (bicyclic) bond motifs is 5. The SMILES string of the molecule is CCC(C)CC(CC(C)OC(=O)CCCCCN1C(=O)C2C(C1=O)[C@H]1C=C[C@@H]2C1)c1ccccc1. The molecule has 2 amide bonds. The Labute approximate surface area is 210 Å². The maximum Gasteiger partial charge on any atom is 0.306 e. The predicted molar refractivity (Wildman–Crippen MR) is 136 cm³/mol. The van der Waals surface area contributed by atoms with E-state index in [1.807, 2.05) is 13.0 Å². The Balaban J connectivity index is 1.15. The summed E-state index contributed by atoms with van der Waals surface area (Å²) < 4.78 is 5.75. The molecule has 5 heteroatoms. The first-order valence-corrected chi connectivity index (χ1v) is 13.7. The van der Waals surface area contributed by atoms with Crippen molar-refractivity contribution >= 4 is 17.8 Å². The van der Waals surface area contributed by atoms with Gasteiger partial charge in [-0.2, -0.15) is 0 Å². The molecule has 1 saturated carbocycles. The number of allylic oxidation sites excluding steroid dienone is 2. The predicted octanol–water partition coefficient (Wildman–Crippen LogP) is 5.90. The number of hydrogen-bond acceptors (Lipinski definition) is 4. The molecule has 35 heavy (non-hydrogen) atoms. The van der Waals surface area contributed by atoms with Crippen LogP contribution in [0.25, 0.3) is 0 Å². The first-order valence-electron chi connectivity index (χ1n) is 13.7. The molecule has 2 aliphatic carbocycles. The van der Waals surface area contributed by atoms with Gasteiger partial charge in [-0.15, -0.1) is 0 Å². The fourth-order valence-corrected chi connectivity index (χ4v) is 6.38. The molecule has 1 aliphatic heterocycles. The first-order chi connectivity index (χ1) is 16.9. The van der Waals surface area contributed by atoms with Gasteiger partial charge in [-0.1, -0.05) is 69.2 Å². The molecular formula is C30H41NO4. The molecule has 1 saturated heterocycles. The third-order valence-corrected chi connectivity index (χ3v) is 8.43. The normalized spacial score (nSPS) is 27.2. The zero-order valence-corrected chi connectivity index (χ0v) is 21.5. The van der Waals surface area contributed by atoms with Gasteiger partial charge in [0.25, 0.3) is 0 Å². The molecule has 1 aromatic carbocycles. The Hall–Kier alpha value is -2.43. The molecule has 2 fully saturated rings. The number of nitrogens with zero attached hydrogens (tertiary/aromatic N) is 1. The van der Waals surface area contributed by atoms with Crippen LogP contribution in [0, 0.1) is 29.6 Å². The largest absolute Gasteiger partial charge is 0.463 e. The number of benzene rings is 1. The van der Waals surface area contributed by atoms with Crippen LogP contribution in [0.1, 0.15) is 83.6 Å². The number of carbonyl (C=O) groups excluding carboxylic acids is 3. The highest BCUT2D eigenvalue weighted by Gasteiger charge is 2.58. The van der Waals surface area contributed by atoms with E-state index in [1.54, 1.807) is 0 Å². The minimum atomic E-state index is -0.154. The van der Waals surface area contributed by atoms with Crippen molar-refractivity contribution in [2.24, 2.45) is 29.6 Å². The highest BCUT2D eigenvalue weighted by atomic mass is 16.5. The van der Waals surface area contributed by atoms with Crippen molar-refractivity contribution in [3.05, 3.63) is 48.0 Å². The molecule has 0 aromatic heterocycles. The van der Waals surface area contributed by atoms with Gasteiger partial charge in [-0.05, 0) is 68.3 Å². The van der Waals surface area contributed by atoms with Crippen molar-refractivity contribution in [2.75, 3.05) is 6.54 Å². The number of likely N-dealkylation sites (tertiary alicyclic amines) is 1. The molecule has 0 radical (unpaired) electrons. The highest BCUT2D eigenvalue weighted by molar-refractivity contribution is 6.06. The number of ether oxygens (including phenoxy) is 1. The molecule has 190 valence electrons. The second-order valence-corrected chi connectivity index (χ2v) is 11.0. The van der Waals surface area contributed by atoms with Crippen molar-refractivity contribution in [3.63, 3.8) is 0 Å². The average molecular weight is 480 g/mol. The topological polar surface area (TPSA) is 63.7 Å². The standard InChI is InChI=1S/C30H41NO4/c1-4-20(2)17-25(22-11-7-5-8-12-22)18-21(3)35-26(32)13-9-6-10-16-31-29(33)27-23-14-15-24(19-23)28(27)30(31)34/h5,7-8,11-12,14-15,20-21,23-25,27-28H,4,6,9-10,13,16-19H2,1-3H3/t20?,21?,23-,24+,25?,27?,28?. The van der Waals surface area contributed by atoms with Gasteiger partial charge >= 0.3 is 5.97 Å². The Bertz CT molecular complexity index is 896. The smallest absolute Gasteiger partial charge is 0.306 e. The van der Waals surface area contributed by atoms with Crippen LogP contribution in [-0.4, -0.2) is 35.3 Å². The van der Waals surface area contributed by atoms with E-state index in [1.165, 1.54) is 10.5 Å². The summed E-state index contributed by atoms with van der Waals surface area (Å²) in [7, 11) is 0. The lowest BCUT2D eigenvalue weighted by molar-refractivity contribution is -0.149. The number of imide groups is 1. The van der Waals surface area contributed by atoms with Crippen LogP contribution < -0.4 is 0 Å². The molecular weight excluding hydrogens is 438 g/mol. The molecule has 1 heterocycles. The summed E-state index contributed by atoms with van der Waals surface area (Å²) in [4.78, 5) is 39.4. The summed E-state index contributed by atoms with van der Waals surface area (Å²) >= 11 is 0.